The molecule has 0 unspecified atom stereocenters. The van der Waals surface area contributed by atoms with Crippen molar-refractivity contribution in [2.45, 2.75) is 31.7 Å². The minimum atomic E-state index is 0.723. The molecule has 15 heavy (non-hydrogen) atoms. The second-order valence-corrected chi connectivity index (χ2v) is 5.00. The van der Waals surface area contributed by atoms with E-state index in [1.54, 1.807) is 0 Å². The highest BCUT2D eigenvalue weighted by Gasteiger charge is 2.25. The van der Waals surface area contributed by atoms with Gasteiger partial charge in [0.1, 0.15) is 0 Å². The van der Waals surface area contributed by atoms with Crippen LogP contribution in [-0.4, -0.2) is 28.1 Å². The van der Waals surface area contributed by atoms with Crippen molar-refractivity contribution in [1.82, 2.24) is 9.55 Å². The van der Waals surface area contributed by atoms with Gasteiger partial charge in [-0.1, -0.05) is 0 Å². The number of hydrogen-bond acceptors (Lipinski definition) is 3. The molecule has 0 aliphatic heterocycles. The summed E-state index contributed by atoms with van der Waals surface area (Å²) in [7, 11) is 0. The molecule has 1 fully saturated rings. The molecule has 1 aliphatic carbocycles. The second kappa shape index (κ2) is 5.45. The first kappa shape index (κ1) is 10.9. The monoisotopic (exact) mass is 225 g/mol. The molecule has 3 nitrogen and oxygen atoms in total. The third kappa shape index (κ3) is 3.16. The average Bonchev–Trinajstić information content (AvgIpc) is 2.99. The zero-order valence-corrected chi connectivity index (χ0v) is 10.1. The molecule has 1 saturated carbocycles. The predicted octanol–water partition coefficient (Wildman–Crippen LogP) is 2.77. The molecule has 84 valence electrons. The van der Waals surface area contributed by atoms with Crippen LogP contribution in [0.5, 0.6) is 0 Å². The number of thioether (sulfide) groups is 1. The largest absolute Gasteiger partial charge is 0.356 e. The lowest BCUT2D eigenvalue weighted by Gasteiger charge is -2.08. The fourth-order valence-electron chi connectivity index (χ4n) is 1.67. The van der Waals surface area contributed by atoms with E-state index >= 15 is 0 Å². The number of imidazole rings is 1. The molecule has 1 N–H and O–H groups in total. The van der Waals surface area contributed by atoms with Gasteiger partial charge in [0, 0.05) is 25.0 Å². The Morgan fingerprint density at radius 3 is 3.13 bits per heavy atom. The Kier molecular flexibility index (Phi) is 3.94. The molecule has 0 radical (unpaired) electrons. The predicted molar refractivity (Wildman–Crippen MR) is 66.6 cm³/mol. The lowest BCUT2D eigenvalue weighted by atomic mass is 10.3. The van der Waals surface area contributed by atoms with E-state index in [1.165, 1.54) is 31.4 Å². The van der Waals surface area contributed by atoms with Gasteiger partial charge in [-0.25, -0.2) is 4.98 Å². The van der Waals surface area contributed by atoms with Crippen molar-refractivity contribution < 1.29 is 0 Å². The van der Waals surface area contributed by atoms with Crippen LogP contribution in [0.25, 0.3) is 0 Å². The van der Waals surface area contributed by atoms with Gasteiger partial charge in [0.15, 0.2) is 0 Å². The Balaban J connectivity index is 1.70. The molecule has 1 aromatic rings. The van der Waals surface area contributed by atoms with Gasteiger partial charge in [-0.05, 0) is 37.7 Å². The van der Waals surface area contributed by atoms with Crippen LogP contribution >= 0.6 is 11.8 Å². The van der Waals surface area contributed by atoms with Gasteiger partial charge in [0.05, 0.1) is 0 Å². The van der Waals surface area contributed by atoms with E-state index in [4.69, 9.17) is 0 Å². The molecule has 1 aromatic heterocycles. The standard InChI is InChI=1S/C11H19N3S/c1-15-9-3-2-6-12-11-13-7-8-14(11)10-4-5-10/h7-8,10H,2-6,9H2,1H3,(H,12,13). The first-order valence-corrected chi connectivity index (χ1v) is 7.07. The summed E-state index contributed by atoms with van der Waals surface area (Å²) in [6.07, 6.45) is 11.3. The highest BCUT2D eigenvalue weighted by molar-refractivity contribution is 7.98. The summed E-state index contributed by atoms with van der Waals surface area (Å²) in [5.74, 6) is 2.32. The van der Waals surface area contributed by atoms with Crippen LogP contribution in [0.15, 0.2) is 12.4 Å². The number of hydrogen-bond donors (Lipinski definition) is 1. The van der Waals surface area contributed by atoms with E-state index in [0.717, 1.165) is 18.5 Å². The van der Waals surface area contributed by atoms with Crippen molar-refractivity contribution in [1.29, 1.82) is 0 Å². The molecular weight excluding hydrogens is 206 g/mol. The number of unbranched alkanes of at least 4 members (excludes halogenated alkanes) is 1. The molecule has 0 atom stereocenters. The van der Waals surface area contributed by atoms with E-state index in [2.05, 4.69) is 27.3 Å². The van der Waals surface area contributed by atoms with Crippen LogP contribution in [0.1, 0.15) is 31.7 Å². The van der Waals surface area contributed by atoms with E-state index in [-0.39, 0.29) is 0 Å². The summed E-state index contributed by atoms with van der Waals surface area (Å²) in [5, 5.41) is 3.42. The lowest BCUT2D eigenvalue weighted by Crippen LogP contribution is -2.08. The Bertz CT molecular complexity index is 294. The van der Waals surface area contributed by atoms with Crippen LogP contribution in [-0.2, 0) is 0 Å². The minimum absolute atomic E-state index is 0.723. The quantitative estimate of drug-likeness (QED) is 0.724. The summed E-state index contributed by atoms with van der Waals surface area (Å²) in [5.41, 5.74) is 0. The fourth-order valence-corrected chi connectivity index (χ4v) is 2.16. The number of rotatable bonds is 7. The van der Waals surface area contributed by atoms with E-state index in [0.29, 0.717) is 0 Å². The summed E-state index contributed by atoms with van der Waals surface area (Å²) < 4.78 is 2.27. The molecule has 2 rings (SSSR count). The molecule has 0 bridgehead atoms. The Labute approximate surface area is 95.7 Å². The molecule has 0 spiro atoms. The second-order valence-electron chi connectivity index (χ2n) is 4.02. The van der Waals surface area contributed by atoms with Gasteiger partial charge in [0.25, 0.3) is 0 Å². The maximum atomic E-state index is 4.34. The van der Waals surface area contributed by atoms with Gasteiger partial charge in [-0.3, -0.25) is 0 Å². The van der Waals surface area contributed by atoms with E-state index in [9.17, 15) is 0 Å². The number of nitrogens with one attached hydrogen (secondary N) is 1. The van der Waals surface area contributed by atoms with Crippen molar-refractivity contribution in [3.63, 3.8) is 0 Å². The third-order valence-corrected chi connectivity index (χ3v) is 3.36. The van der Waals surface area contributed by atoms with E-state index in [1.807, 2.05) is 18.0 Å². The first-order chi connectivity index (χ1) is 7.42. The zero-order valence-electron chi connectivity index (χ0n) is 9.28. The minimum Gasteiger partial charge on any atom is -0.356 e. The highest BCUT2D eigenvalue weighted by atomic mass is 32.2. The summed E-state index contributed by atoms with van der Waals surface area (Å²) >= 11 is 1.92. The first-order valence-electron chi connectivity index (χ1n) is 5.67. The maximum Gasteiger partial charge on any atom is 0.203 e. The van der Waals surface area contributed by atoms with Crippen LogP contribution in [0.3, 0.4) is 0 Å². The molecule has 0 saturated heterocycles. The Morgan fingerprint density at radius 1 is 1.53 bits per heavy atom. The SMILES string of the molecule is CSCCCCNc1nccn1C1CC1. The van der Waals surface area contributed by atoms with Gasteiger partial charge >= 0.3 is 0 Å². The van der Waals surface area contributed by atoms with E-state index < -0.39 is 0 Å². The van der Waals surface area contributed by atoms with Crippen LogP contribution in [0, 0.1) is 0 Å². The van der Waals surface area contributed by atoms with Gasteiger partial charge in [0.2, 0.25) is 5.95 Å². The molecule has 4 heteroatoms. The number of nitrogens with zero attached hydrogens (tertiary/aromatic N) is 2. The van der Waals surface area contributed by atoms with Crippen LogP contribution in [0.2, 0.25) is 0 Å². The topological polar surface area (TPSA) is 29.9 Å². The number of anilines is 1. The van der Waals surface area contributed by atoms with Crippen molar-refractivity contribution >= 4 is 17.7 Å². The summed E-state index contributed by atoms with van der Waals surface area (Å²) in [6, 6.07) is 0.723. The third-order valence-electron chi connectivity index (χ3n) is 2.67. The Hall–Kier alpha value is -0.640. The van der Waals surface area contributed by atoms with Gasteiger partial charge in [-0.2, -0.15) is 11.8 Å². The smallest absolute Gasteiger partial charge is 0.203 e. The van der Waals surface area contributed by atoms with Crippen molar-refractivity contribution in [2.75, 3.05) is 23.9 Å². The maximum absolute atomic E-state index is 4.34. The van der Waals surface area contributed by atoms with Crippen molar-refractivity contribution in [3.05, 3.63) is 12.4 Å². The summed E-state index contributed by atoms with van der Waals surface area (Å²) in [6.45, 7) is 1.05. The van der Waals surface area contributed by atoms with Crippen molar-refractivity contribution in [2.24, 2.45) is 0 Å². The molecule has 1 aliphatic rings. The summed E-state index contributed by atoms with van der Waals surface area (Å²) in [4.78, 5) is 4.34. The van der Waals surface area contributed by atoms with Crippen LogP contribution in [0.4, 0.5) is 5.95 Å². The fraction of sp³-hybridized carbons (Fsp3) is 0.727. The molecule has 0 aromatic carbocycles. The normalized spacial score (nSPS) is 15.5. The molecule has 0 amide bonds. The number of aromatic nitrogens is 2. The lowest BCUT2D eigenvalue weighted by molar-refractivity contribution is 0.735. The Morgan fingerprint density at radius 2 is 2.40 bits per heavy atom. The van der Waals surface area contributed by atoms with Gasteiger partial charge < -0.3 is 9.88 Å². The molecule has 1 heterocycles. The zero-order chi connectivity index (χ0) is 10.5. The highest BCUT2D eigenvalue weighted by Crippen LogP contribution is 2.36. The van der Waals surface area contributed by atoms with Gasteiger partial charge in [-0.15, -0.1) is 0 Å². The molecular formula is C11H19N3S. The average molecular weight is 225 g/mol. The van der Waals surface area contributed by atoms with Crippen LogP contribution < -0.4 is 5.32 Å². The van der Waals surface area contributed by atoms with Crippen molar-refractivity contribution in [3.8, 4) is 0 Å².